The summed E-state index contributed by atoms with van der Waals surface area (Å²) >= 11 is 0. The van der Waals surface area contributed by atoms with Crippen molar-refractivity contribution >= 4 is 11.7 Å². The van der Waals surface area contributed by atoms with E-state index in [-0.39, 0.29) is 11.7 Å². The Hall–Kier alpha value is -0.860. The Kier molecular flexibility index (Phi) is 3.23. The van der Waals surface area contributed by atoms with E-state index in [0.29, 0.717) is 12.8 Å². The Morgan fingerprint density at radius 2 is 1.82 bits per heavy atom. The van der Waals surface area contributed by atoms with E-state index in [4.69, 9.17) is 5.73 Å². The maximum Gasteiger partial charge on any atom is 0.223 e. The zero-order valence-corrected chi connectivity index (χ0v) is 7.31. The Morgan fingerprint density at radius 3 is 2.09 bits per heavy atom. The van der Waals surface area contributed by atoms with E-state index in [1.807, 2.05) is 0 Å². The lowest BCUT2D eigenvalue weighted by Gasteiger charge is -2.18. The van der Waals surface area contributed by atoms with Crippen molar-refractivity contribution in [3.8, 4) is 0 Å². The number of nitrogens with two attached hydrogens (primary N) is 1. The molecule has 11 heavy (non-hydrogen) atoms. The van der Waals surface area contributed by atoms with E-state index in [2.05, 4.69) is 0 Å². The van der Waals surface area contributed by atoms with Crippen molar-refractivity contribution in [1.82, 2.24) is 0 Å². The second-order valence-corrected chi connectivity index (χ2v) is 3.45. The molecule has 0 fully saturated rings. The molecule has 0 aromatic carbocycles. The summed E-state index contributed by atoms with van der Waals surface area (Å²) in [6.45, 7) is 5.01. The Morgan fingerprint density at radius 1 is 1.36 bits per heavy atom. The molecule has 2 N–H and O–H groups in total. The van der Waals surface area contributed by atoms with Gasteiger partial charge in [0.05, 0.1) is 0 Å². The van der Waals surface area contributed by atoms with Crippen molar-refractivity contribution in [3.63, 3.8) is 0 Å². The maximum atomic E-state index is 10.7. The Bertz CT molecular complexity index is 173. The number of rotatable bonds is 4. The molecule has 0 radical (unpaired) electrons. The SMILES string of the molecule is CC(=O)CCC(C)(C)C(N)=O. The highest BCUT2D eigenvalue weighted by atomic mass is 16.1. The van der Waals surface area contributed by atoms with Gasteiger partial charge in [-0.15, -0.1) is 0 Å². The molecule has 0 aromatic rings. The summed E-state index contributed by atoms with van der Waals surface area (Å²) in [6.07, 6.45) is 0.966. The highest BCUT2D eigenvalue weighted by molar-refractivity contribution is 5.81. The van der Waals surface area contributed by atoms with Gasteiger partial charge in [0.2, 0.25) is 5.91 Å². The minimum atomic E-state index is -0.550. The van der Waals surface area contributed by atoms with Gasteiger partial charge < -0.3 is 10.5 Å². The number of carbonyl (C=O) groups excluding carboxylic acids is 2. The molecule has 3 nitrogen and oxygen atoms in total. The first-order valence-electron chi connectivity index (χ1n) is 3.65. The van der Waals surface area contributed by atoms with Crippen LogP contribution in [-0.2, 0) is 9.59 Å². The van der Waals surface area contributed by atoms with Crippen LogP contribution < -0.4 is 5.73 Å². The summed E-state index contributed by atoms with van der Waals surface area (Å²) < 4.78 is 0. The summed E-state index contributed by atoms with van der Waals surface area (Å²) in [5.74, 6) is -0.252. The predicted octanol–water partition coefficient (Wildman–Crippen LogP) is 0.867. The summed E-state index contributed by atoms with van der Waals surface area (Å²) in [6, 6.07) is 0. The van der Waals surface area contributed by atoms with Crippen LogP contribution >= 0.6 is 0 Å². The largest absolute Gasteiger partial charge is 0.369 e. The quantitative estimate of drug-likeness (QED) is 0.658. The van der Waals surface area contributed by atoms with Gasteiger partial charge in [-0.3, -0.25) is 4.79 Å². The van der Waals surface area contributed by atoms with E-state index in [1.165, 1.54) is 6.92 Å². The molecular weight excluding hydrogens is 142 g/mol. The molecule has 0 atom stereocenters. The monoisotopic (exact) mass is 157 g/mol. The summed E-state index contributed by atoms with van der Waals surface area (Å²) in [5, 5.41) is 0. The third-order valence-electron chi connectivity index (χ3n) is 1.77. The smallest absolute Gasteiger partial charge is 0.223 e. The number of hydrogen-bond acceptors (Lipinski definition) is 2. The fourth-order valence-electron chi connectivity index (χ4n) is 0.612. The Labute approximate surface area is 67.0 Å². The van der Waals surface area contributed by atoms with E-state index in [1.54, 1.807) is 13.8 Å². The van der Waals surface area contributed by atoms with E-state index >= 15 is 0 Å². The van der Waals surface area contributed by atoms with Crippen LogP contribution in [0.15, 0.2) is 0 Å². The number of amides is 1. The van der Waals surface area contributed by atoms with Gasteiger partial charge in [-0.2, -0.15) is 0 Å². The van der Waals surface area contributed by atoms with Crippen LogP contribution in [0, 0.1) is 5.41 Å². The van der Waals surface area contributed by atoms with Crippen LogP contribution in [0.1, 0.15) is 33.6 Å². The number of hydrogen-bond donors (Lipinski definition) is 1. The third-order valence-corrected chi connectivity index (χ3v) is 1.77. The Balaban J connectivity index is 3.92. The highest BCUT2D eigenvalue weighted by Gasteiger charge is 2.24. The molecule has 0 aliphatic rings. The molecule has 0 aromatic heterocycles. The van der Waals surface area contributed by atoms with Gasteiger partial charge in [-0.1, -0.05) is 13.8 Å². The van der Waals surface area contributed by atoms with Crippen LogP contribution in [0.5, 0.6) is 0 Å². The van der Waals surface area contributed by atoms with Gasteiger partial charge in [0.1, 0.15) is 5.78 Å². The van der Waals surface area contributed by atoms with Gasteiger partial charge in [0.25, 0.3) is 0 Å². The average Bonchev–Trinajstić information content (AvgIpc) is 1.84. The van der Waals surface area contributed by atoms with E-state index in [0.717, 1.165) is 0 Å². The van der Waals surface area contributed by atoms with Crippen molar-refractivity contribution in [2.75, 3.05) is 0 Å². The first kappa shape index (κ1) is 10.1. The predicted molar refractivity (Wildman–Crippen MR) is 42.9 cm³/mol. The molecule has 0 unspecified atom stereocenters. The van der Waals surface area contributed by atoms with E-state index < -0.39 is 5.41 Å². The lowest BCUT2D eigenvalue weighted by molar-refractivity contribution is -0.126. The van der Waals surface area contributed by atoms with Crippen LogP contribution in [-0.4, -0.2) is 11.7 Å². The van der Waals surface area contributed by atoms with Gasteiger partial charge in [-0.25, -0.2) is 0 Å². The molecule has 0 aliphatic heterocycles. The van der Waals surface area contributed by atoms with Crippen LogP contribution in [0.3, 0.4) is 0 Å². The minimum absolute atomic E-state index is 0.0966. The van der Waals surface area contributed by atoms with Crippen LogP contribution in [0.2, 0.25) is 0 Å². The second-order valence-electron chi connectivity index (χ2n) is 3.45. The number of ketones is 1. The van der Waals surface area contributed by atoms with Gasteiger partial charge in [-0.05, 0) is 13.3 Å². The molecule has 0 rings (SSSR count). The van der Waals surface area contributed by atoms with Crippen molar-refractivity contribution in [2.24, 2.45) is 11.1 Å². The molecule has 0 aliphatic carbocycles. The molecule has 0 saturated heterocycles. The second kappa shape index (κ2) is 3.51. The summed E-state index contributed by atoms with van der Waals surface area (Å²) in [7, 11) is 0. The zero-order valence-electron chi connectivity index (χ0n) is 7.31. The molecule has 3 heteroatoms. The topological polar surface area (TPSA) is 60.2 Å². The standard InChI is InChI=1S/C8H15NO2/c1-6(10)4-5-8(2,3)7(9)11/h4-5H2,1-3H3,(H2,9,11). The lowest BCUT2D eigenvalue weighted by Crippen LogP contribution is -2.31. The fraction of sp³-hybridized carbons (Fsp3) is 0.750. The third kappa shape index (κ3) is 3.75. The fourth-order valence-corrected chi connectivity index (χ4v) is 0.612. The first-order chi connectivity index (χ1) is 4.86. The molecule has 0 spiro atoms. The normalized spacial score (nSPS) is 11.2. The van der Waals surface area contributed by atoms with Crippen molar-refractivity contribution in [2.45, 2.75) is 33.6 Å². The summed E-state index contributed by atoms with van der Waals surface area (Å²) in [5.41, 5.74) is 4.56. The lowest BCUT2D eigenvalue weighted by atomic mass is 9.86. The molecule has 0 saturated carbocycles. The van der Waals surface area contributed by atoms with Crippen molar-refractivity contribution in [3.05, 3.63) is 0 Å². The molecule has 0 bridgehead atoms. The number of carbonyl (C=O) groups is 2. The van der Waals surface area contributed by atoms with Crippen LogP contribution in [0.4, 0.5) is 0 Å². The summed E-state index contributed by atoms with van der Waals surface area (Å²) in [4.78, 5) is 21.3. The molecule has 0 heterocycles. The van der Waals surface area contributed by atoms with Crippen molar-refractivity contribution < 1.29 is 9.59 Å². The maximum absolute atomic E-state index is 10.7. The van der Waals surface area contributed by atoms with Gasteiger partial charge in [0, 0.05) is 11.8 Å². The molecule has 64 valence electrons. The molecule has 1 amide bonds. The minimum Gasteiger partial charge on any atom is -0.369 e. The van der Waals surface area contributed by atoms with Crippen LogP contribution in [0.25, 0.3) is 0 Å². The first-order valence-corrected chi connectivity index (χ1v) is 3.65. The zero-order chi connectivity index (χ0) is 9.07. The van der Waals surface area contributed by atoms with Gasteiger partial charge in [0.15, 0.2) is 0 Å². The van der Waals surface area contributed by atoms with Crippen molar-refractivity contribution in [1.29, 1.82) is 0 Å². The molecular formula is C8H15NO2. The number of primary amides is 1. The van der Waals surface area contributed by atoms with E-state index in [9.17, 15) is 9.59 Å². The average molecular weight is 157 g/mol. The number of Topliss-reactive ketones (excluding diaryl/α,β-unsaturated/α-hetero) is 1. The highest BCUT2D eigenvalue weighted by Crippen LogP contribution is 2.21. The van der Waals surface area contributed by atoms with Gasteiger partial charge >= 0.3 is 0 Å².